The molecule has 1 aromatic heterocycles. The molecule has 18 heavy (non-hydrogen) atoms. The minimum absolute atomic E-state index is 0.258. The van der Waals surface area contributed by atoms with Crippen molar-refractivity contribution < 1.29 is 4.39 Å². The van der Waals surface area contributed by atoms with Crippen molar-refractivity contribution in [1.29, 1.82) is 0 Å². The van der Waals surface area contributed by atoms with Gasteiger partial charge in [0, 0.05) is 16.8 Å². The van der Waals surface area contributed by atoms with Gasteiger partial charge >= 0.3 is 0 Å². The summed E-state index contributed by atoms with van der Waals surface area (Å²) in [5.41, 5.74) is 9.39. The van der Waals surface area contributed by atoms with Crippen LogP contribution in [0.5, 0.6) is 0 Å². The van der Waals surface area contributed by atoms with Gasteiger partial charge in [0.2, 0.25) is 0 Å². The molecule has 0 saturated heterocycles. The number of benzene rings is 1. The van der Waals surface area contributed by atoms with Gasteiger partial charge in [-0.1, -0.05) is 6.92 Å². The van der Waals surface area contributed by atoms with Crippen LogP contribution in [0.15, 0.2) is 18.2 Å². The standard InChI is InChI=1S/C14H16FN3/c1-4-11-9(3)17-14(18-13(11)16)12-6-5-10(15)7-8(12)2/h5-7H,4H2,1-3H3,(H2,16,17,18). The summed E-state index contributed by atoms with van der Waals surface area (Å²) in [6.45, 7) is 5.77. The van der Waals surface area contributed by atoms with Crippen LogP contribution in [0.4, 0.5) is 10.2 Å². The summed E-state index contributed by atoms with van der Waals surface area (Å²) >= 11 is 0. The first-order chi connectivity index (χ1) is 8.52. The smallest absolute Gasteiger partial charge is 0.162 e. The van der Waals surface area contributed by atoms with E-state index in [4.69, 9.17) is 5.73 Å². The van der Waals surface area contributed by atoms with Crippen molar-refractivity contribution in [2.45, 2.75) is 27.2 Å². The van der Waals surface area contributed by atoms with E-state index in [0.29, 0.717) is 11.6 Å². The van der Waals surface area contributed by atoms with Crippen molar-refractivity contribution in [1.82, 2.24) is 9.97 Å². The highest BCUT2D eigenvalue weighted by Gasteiger charge is 2.11. The minimum Gasteiger partial charge on any atom is -0.383 e. The Morgan fingerprint density at radius 2 is 1.94 bits per heavy atom. The maximum absolute atomic E-state index is 13.1. The monoisotopic (exact) mass is 245 g/mol. The Labute approximate surface area is 106 Å². The number of nitrogen functional groups attached to an aromatic ring is 1. The second-order valence-electron chi connectivity index (χ2n) is 4.31. The number of halogens is 1. The summed E-state index contributed by atoms with van der Waals surface area (Å²) in [6, 6.07) is 4.56. The van der Waals surface area contributed by atoms with Gasteiger partial charge in [-0.05, 0) is 44.0 Å². The van der Waals surface area contributed by atoms with Crippen molar-refractivity contribution in [2.24, 2.45) is 0 Å². The molecule has 0 aliphatic carbocycles. The molecule has 0 saturated carbocycles. The molecule has 3 nitrogen and oxygen atoms in total. The Kier molecular flexibility index (Phi) is 3.28. The third-order valence-corrected chi connectivity index (χ3v) is 3.03. The Morgan fingerprint density at radius 1 is 1.22 bits per heavy atom. The molecule has 1 heterocycles. The molecule has 2 N–H and O–H groups in total. The highest BCUT2D eigenvalue weighted by molar-refractivity contribution is 5.62. The molecule has 4 heteroatoms. The third-order valence-electron chi connectivity index (χ3n) is 3.03. The lowest BCUT2D eigenvalue weighted by atomic mass is 10.1. The topological polar surface area (TPSA) is 51.8 Å². The SMILES string of the molecule is CCc1c(C)nc(-c2ccc(F)cc2C)nc1N. The quantitative estimate of drug-likeness (QED) is 0.884. The van der Waals surface area contributed by atoms with Crippen LogP contribution in [-0.2, 0) is 6.42 Å². The molecule has 0 fully saturated rings. The number of nitrogens with two attached hydrogens (primary N) is 1. The van der Waals surface area contributed by atoms with Gasteiger partial charge in [0.05, 0.1) is 0 Å². The lowest BCUT2D eigenvalue weighted by molar-refractivity contribution is 0.627. The van der Waals surface area contributed by atoms with E-state index in [-0.39, 0.29) is 5.82 Å². The van der Waals surface area contributed by atoms with Crippen molar-refractivity contribution in [3.8, 4) is 11.4 Å². The van der Waals surface area contributed by atoms with Crippen LogP contribution >= 0.6 is 0 Å². The maximum atomic E-state index is 13.1. The van der Waals surface area contributed by atoms with Crippen LogP contribution < -0.4 is 5.73 Å². The van der Waals surface area contributed by atoms with Crippen LogP contribution in [0.25, 0.3) is 11.4 Å². The zero-order valence-corrected chi connectivity index (χ0v) is 10.8. The first-order valence-corrected chi connectivity index (χ1v) is 5.92. The van der Waals surface area contributed by atoms with E-state index in [2.05, 4.69) is 9.97 Å². The Morgan fingerprint density at radius 3 is 2.50 bits per heavy atom. The predicted molar refractivity (Wildman–Crippen MR) is 70.7 cm³/mol. The Balaban J connectivity index is 2.58. The normalized spacial score (nSPS) is 10.7. The van der Waals surface area contributed by atoms with Gasteiger partial charge in [0.1, 0.15) is 11.6 Å². The molecule has 0 aliphatic heterocycles. The average molecular weight is 245 g/mol. The second kappa shape index (κ2) is 4.72. The van der Waals surface area contributed by atoms with Crippen LogP contribution in [0.3, 0.4) is 0 Å². The van der Waals surface area contributed by atoms with E-state index >= 15 is 0 Å². The Hall–Kier alpha value is -1.97. The van der Waals surface area contributed by atoms with Crippen LogP contribution in [0.2, 0.25) is 0 Å². The largest absolute Gasteiger partial charge is 0.383 e. The molecule has 0 amide bonds. The summed E-state index contributed by atoms with van der Waals surface area (Å²) in [4.78, 5) is 8.76. The molecule has 2 rings (SSSR count). The first-order valence-electron chi connectivity index (χ1n) is 5.92. The Bertz CT molecular complexity index is 571. The molecule has 0 bridgehead atoms. The second-order valence-corrected chi connectivity index (χ2v) is 4.31. The number of anilines is 1. The molecular weight excluding hydrogens is 229 g/mol. The number of hydrogen-bond donors (Lipinski definition) is 1. The molecule has 0 radical (unpaired) electrons. The van der Waals surface area contributed by atoms with Gasteiger partial charge in [0.25, 0.3) is 0 Å². The lowest BCUT2D eigenvalue weighted by Gasteiger charge is -2.10. The first kappa shape index (κ1) is 12.5. The molecule has 0 spiro atoms. The molecular formula is C14H16FN3. The van der Waals surface area contributed by atoms with Crippen molar-refractivity contribution >= 4 is 5.82 Å². The fraction of sp³-hybridized carbons (Fsp3) is 0.286. The van der Waals surface area contributed by atoms with Crippen LogP contribution in [-0.4, -0.2) is 9.97 Å². The number of rotatable bonds is 2. The van der Waals surface area contributed by atoms with Gasteiger partial charge in [-0.25, -0.2) is 14.4 Å². The van der Waals surface area contributed by atoms with Gasteiger partial charge in [-0.15, -0.1) is 0 Å². The highest BCUT2D eigenvalue weighted by atomic mass is 19.1. The summed E-state index contributed by atoms with van der Waals surface area (Å²) in [6.07, 6.45) is 0.806. The van der Waals surface area contributed by atoms with E-state index in [0.717, 1.165) is 28.8 Å². The lowest BCUT2D eigenvalue weighted by Crippen LogP contribution is -2.05. The molecule has 0 aliphatic rings. The van der Waals surface area contributed by atoms with E-state index in [9.17, 15) is 4.39 Å². The van der Waals surface area contributed by atoms with Gasteiger partial charge in [0.15, 0.2) is 5.82 Å². The summed E-state index contributed by atoms with van der Waals surface area (Å²) in [5, 5.41) is 0. The van der Waals surface area contributed by atoms with Crippen molar-refractivity contribution in [3.63, 3.8) is 0 Å². The fourth-order valence-electron chi connectivity index (χ4n) is 2.05. The molecule has 0 atom stereocenters. The predicted octanol–water partition coefficient (Wildman–Crippen LogP) is 3.04. The molecule has 1 aromatic carbocycles. The zero-order chi connectivity index (χ0) is 13.3. The number of aryl methyl sites for hydroxylation is 2. The molecule has 2 aromatic rings. The van der Waals surface area contributed by atoms with Crippen molar-refractivity contribution in [2.75, 3.05) is 5.73 Å². The summed E-state index contributed by atoms with van der Waals surface area (Å²) in [5.74, 6) is 0.801. The van der Waals surface area contributed by atoms with Crippen LogP contribution in [0, 0.1) is 19.7 Å². The zero-order valence-electron chi connectivity index (χ0n) is 10.8. The maximum Gasteiger partial charge on any atom is 0.162 e. The fourth-order valence-corrected chi connectivity index (χ4v) is 2.05. The highest BCUT2D eigenvalue weighted by Crippen LogP contribution is 2.24. The third kappa shape index (κ3) is 2.18. The summed E-state index contributed by atoms with van der Waals surface area (Å²) in [7, 11) is 0. The van der Waals surface area contributed by atoms with Crippen molar-refractivity contribution in [3.05, 3.63) is 40.8 Å². The molecule has 94 valence electrons. The number of aromatic nitrogens is 2. The van der Waals surface area contributed by atoms with E-state index < -0.39 is 0 Å². The number of nitrogens with zero attached hydrogens (tertiary/aromatic N) is 2. The van der Waals surface area contributed by atoms with E-state index in [1.165, 1.54) is 12.1 Å². The minimum atomic E-state index is -0.258. The summed E-state index contributed by atoms with van der Waals surface area (Å²) < 4.78 is 13.1. The van der Waals surface area contributed by atoms with Gasteiger partial charge < -0.3 is 5.73 Å². The molecule has 0 unspecified atom stereocenters. The van der Waals surface area contributed by atoms with Gasteiger partial charge in [-0.2, -0.15) is 0 Å². The number of hydrogen-bond acceptors (Lipinski definition) is 3. The van der Waals surface area contributed by atoms with E-state index in [1.807, 2.05) is 20.8 Å². The van der Waals surface area contributed by atoms with Crippen LogP contribution in [0.1, 0.15) is 23.7 Å². The van der Waals surface area contributed by atoms with Gasteiger partial charge in [-0.3, -0.25) is 0 Å². The average Bonchev–Trinajstić information content (AvgIpc) is 2.28. The van der Waals surface area contributed by atoms with E-state index in [1.54, 1.807) is 6.07 Å².